The number of halogens is 5. The van der Waals surface area contributed by atoms with Crippen LogP contribution < -0.4 is 5.32 Å². The first kappa shape index (κ1) is 14.7. The summed E-state index contributed by atoms with van der Waals surface area (Å²) in [6.07, 6.45) is -5.18. The van der Waals surface area contributed by atoms with Crippen molar-refractivity contribution >= 4 is 40.2 Å². The van der Waals surface area contributed by atoms with Gasteiger partial charge in [0.25, 0.3) is 0 Å². The molecule has 1 amide bonds. The first-order chi connectivity index (χ1) is 8.12. The Morgan fingerprint density at radius 2 is 1.83 bits per heavy atom. The molecule has 98 valence electrons. The molecule has 0 aliphatic heterocycles. The lowest BCUT2D eigenvalue weighted by Crippen LogP contribution is -2.30. The van der Waals surface area contributed by atoms with Gasteiger partial charge in [0.15, 0.2) is 5.82 Å². The Balaban J connectivity index is 3.17. The fraction of sp³-hybridized carbons (Fsp3) is 0.111. The molecule has 9 heteroatoms. The number of carbonyl (C=O) groups is 2. The van der Waals surface area contributed by atoms with Crippen LogP contribution in [0.1, 0.15) is 10.4 Å². The van der Waals surface area contributed by atoms with Gasteiger partial charge in [-0.3, -0.25) is 4.79 Å². The Morgan fingerprint density at radius 1 is 1.28 bits per heavy atom. The minimum atomic E-state index is -5.18. The first-order valence-electron chi connectivity index (χ1n) is 4.23. The van der Waals surface area contributed by atoms with E-state index in [1.165, 1.54) is 27.9 Å². The molecule has 18 heavy (non-hydrogen) atoms. The van der Waals surface area contributed by atoms with Crippen LogP contribution in [0.4, 0.5) is 23.2 Å². The molecule has 0 heterocycles. The lowest BCUT2D eigenvalue weighted by molar-refractivity contribution is -0.167. The molecule has 0 bridgehead atoms. The summed E-state index contributed by atoms with van der Waals surface area (Å²) in [5, 5.41) is 9.94. The summed E-state index contributed by atoms with van der Waals surface area (Å²) in [6.45, 7) is 0. The summed E-state index contributed by atoms with van der Waals surface area (Å²) in [5.74, 6) is -4.95. The second-order valence-electron chi connectivity index (χ2n) is 3.08. The van der Waals surface area contributed by atoms with Gasteiger partial charge in [0.05, 0.1) is 14.8 Å². The molecule has 4 nitrogen and oxygen atoms in total. The number of aromatic carboxylic acids is 1. The SMILES string of the molecule is O=C(O)c1cc(I)c(F)c(NC(=O)C(F)(F)F)c1. The highest BCUT2D eigenvalue weighted by molar-refractivity contribution is 14.1. The number of carboxylic acid groups (broad SMARTS) is 1. The maximum absolute atomic E-state index is 13.4. The van der Waals surface area contributed by atoms with Gasteiger partial charge in [-0.25, -0.2) is 9.18 Å². The Kier molecular flexibility index (Phi) is 4.14. The number of hydrogen-bond acceptors (Lipinski definition) is 2. The van der Waals surface area contributed by atoms with Crippen LogP contribution in [-0.4, -0.2) is 23.2 Å². The van der Waals surface area contributed by atoms with Gasteiger partial charge in [-0.05, 0) is 34.7 Å². The lowest BCUT2D eigenvalue weighted by atomic mass is 10.2. The van der Waals surface area contributed by atoms with Crippen molar-refractivity contribution in [2.75, 3.05) is 5.32 Å². The molecule has 1 aromatic carbocycles. The molecule has 0 spiro atoms. The van der Waals surface area contributed by atoms with Gasteiger partial charge in [-0.15, -0.1) is 0 Å². The molecular formula is C9H4F4INO3. The zero-order chi connectivity index (χ0) is 14.1. The van der Waals surface area contributed by atoms with Crippen LogP contribution in [0.3, 0.4) is 0 Å². The minimum Gasteiger partial charge on any atom is -0.478 e. The summed E-state index contributed by atoms with van der Waals surface area (Å²) >= 11 is 1.41. The van der Waals surface area contributed by atoms with E-state index in [4.69, 9.17) is 5.11 Å². The van der Waals surface area contributed by atoms with Crippen LogP contribution >= 0.6 is 22.6 Å². The molecule has 2 N–H and O–H groups in total. The standard InChI is InChI=1S/C9H4F4INO3/c10-6-4(14)1-3(7(16)17)2-5(6)15-8(18)9(11,12)13/h1-2H,(H,15,18)(H,16,17). The first-order valence-corrected chi connectivity index (χ1v) is 5.31. The van der Waals surface area contributed by atoms with Crippen molar-refractivity contribution in [2.24, 2.45) is 0 Å². The van der Waals surface area contributed by atoms with Gasteiger partial charge in [0.1, 0.15) is 0 Å². The fourth-order valence-electron chi connectivity index (χ4n) is 0.997. The smallest absolute Gasteiger partial charge is 0.471 e. The summed E-state index contributed by atoms with van der Waals surface area (Å²) in [5.41, 5.74) is -1.26. The minimum absolute atomic E-state index is 0.218. The van der Waals surface area contributed by atoms with Crippen LogP contribution in [0.25, 0.3) is 0 Å². The number of alkyl halides is 3. The van der Waals surface area contributed by atoms with Crippen molar-refractivity contribution in [1.29, 1.82) is 0 Å². The summed E-state index contributed by atoms with van der Waals surface area (Å²) in [7, 11) is 0. The quantitative estimate of drug-likeness (QED) is 0.615. The van der Waals surface area contributed by atoms with Crippen molar-refractivity contribution in [3.8, 4) is 0 Å². The van der Waals surface area contributed by atoms with Crippen molar-refractivity contribution < 1.29 is 32.3 Å². The van der Waals surface area contributed by atoms with E-state index in [1.54, 1.807) is 0 Å². The zero-order valence-electron chi connectivity index (χ0n) is 8.31. The molecule has 0 atom stereocenters. The largest absolute Gasteiger partial charge is 0.478 e. The van der Waals surface area contributed by atoms with E-state index in [0.717, 1.165) is 6.07 Å². The van der Waals surface area contributed by atoms with Crippen LogP contribution in [-0.2, 0) is 4.79 Å². The lowest BCUT2D eigenvalue weighted by Gasteiger charge is -2.10. The maximum atomic E-state index is 13.4. The van der Waals surface area contributed by atoms with E-state index in [9.17, 15) is 27.2 Å². The van der Waals surface area contributed by atoms with Crippen molar-refractivity contribution in [3.05, 3.63) is 27.1 Å². The average Bonchev–Trinajstić information content (AvgIpc) is 2.22. The van der Waals surface area contributed by atoms with Gasteiger partial charge in [-0.1, -0.05) is 0 Å². The Bertz CT molecular complexity index is 515. The van der Waals surface area contributed by atoms with E-state index >= 15 is 0 Å². The van der Waals surface area contributed by atoms with Gasteiger partial charge in [0, 0.05) is 0 Å². The Morgan fingerprint density at radius 3 is 2.28 bits per heavy atom. The van der Waals surface area contributed by atoms with E-state index in [-0.39, 0.29) is 3.57 Å². The van der Waals surface area contributed by atoms with Crippen LogP contribution in [0, 0.1) is 9.39 Å². The van der Waals surface area contributed by atoms with Crippen molar-refractivity contribution in [1.82, 2.24) is 0 Å². The highest BCUT2D eigenvalue weighted by Crippen LogP contribution is 2.25. The topological polar surface area (TPSA) is 66.4 Å². The van der Waals surface area contributed by atoms with Gasteiger partial charge < -0.3 is 10.4 Å². The zero-order valence-corrected chi connectivity index (χ0v) is 10.5. The molecule has 0 saturated heterocycles. The van der Waals surface area contributed by atoms with E-state index < -0.39 is 35.1 Å². The molecule has 0 saturated carbocycles. The predicted octanol–water partition coefficient (Wildman–Crippen LogP) is 2.63. The summed E-state index contributed by atoms with van der Waals surface area (Å²) in [4.78, 5) is 21.3. The summed E-state index contributed by atoms with van der Waals surface area (Å²) < 4.78 is 49.1. The number of anilines is 1. The highest BCUT2D eigenvalue weighted by atomic mass is 127. The molecule has 0 radical (unpaired) electrons. The van der Waals surface area contributed by atoms with E-state index in [1.807, 2.05) is 0 Å². The van der Waals surface area contributed by atoms with E-state index in [0.29, 0.717) is 6.07 Å². The number of carbonyl (C=O) groups excluding carboxylic acids is 1. The molecule has 1 rings (SSSR count). The average molecular weight is 377 g/mol. The third-order valence-corrected chi connectivity index (χ3v) is 2.57. The molecule has 0 aliphatic rings. The molecule has 0 fully saturated rings. The van der Waals surface area contributed by atoms with Crippen LogP contribution in [0.2, 0.25) is 0 Å². The molecule has 0 unspecified atom stereocenters. The van der Waals surface area contributed by atoms with Crippen molar-refractivity contribution in [3.63, 3.8) is 0 Å². The molecular weight excluding hydrogens is 373 g/mol. The normalized spacial score (nSPS) is 11.2. The number of nitrogens with one attached hydrogen (secondary N) is 1. The maximum Gasteiger partial charge on any atom is 0.471 e. The number of hydrogen-bond donors (Lipinski definition) is 2. The van der Waals surface area contributed by atoms with Crippen molar-refractivity contribution in [2.45, 2.75) is 6.18 Å². The molecule has 0 aliphatic carbocycles. The van der Waals surface area contributed by atoms with Gasteiger partial charge >= 0.3 is 18.1 Å². The highest BCUT2D eigenvalue weighted by Gasteiger charge is 2.39. The number of carboxylic acids is 1. The Labute approximate surface area is 111 Å². The number of benzene rings is 1. The van der Waals surface area contributed by atoms with Gasteiger partial charge in [0.2, 0.25) is 0 Å². The third-order valence-electron chi connectivity index (χ3n) is 1.78. The monoisotopic (exact) mass is 377 g/mol. The second-order valence-corrected chi connectivity index (χ2v) is 4.24. The third kappa shape index (κ3) is 3.31. The summed E-state index contributed by atoms with van der Waals surface area (Å²) in [6, 6.07) is 1.55. The molecule has 0 aromatic heterocycles. The van der Waals surface area contributed by atoms with Crippen LogP contribution in [0.15, 0.2) is 12.1 Å². The van der Waals surface area contributed by atoms with Crippen LogP contribution in [0.5, 0.6) is 0 Å². The van der Waals surface area contributed by atoms with E-state index in [2.05, 4.69) is 0 Å². The number of rotatable bonds is 2. The molecule has 1 aromatic rings. The number of amides is 1. The fourth-order valence-corrected chi connectivity index (χ4v) is 1.62. The second kappa shape index (κ2) is 5.08. The predicted molar refractivity (Wildman–Crippen MR) is 60.8 cm³/mol. The Hall–Kier alpha value is -1.39. The van der Waals surface area contributed by atoms with Gasteiger partial charge in [-0.2, -0.15) is 13.2 Å².